The highest BCUT2D eigenvalue weighted by atomic mass is 16.7. The second kappa shape index (κ2) is 2.16. The van der Waals surface area contributed by atoms with E-state index in [-0.39, 0.29) is 5.79 Å². The first-order valence-electron chi connectivity index (χ1n) is 3.63. The summed E-state index contributed by atoms with van der Waals surface area (Å²) in [6.45, 7) is 1.98. The zero-order chi connectivity index (χ0) is 6.86. The summed E-state index contributed by atoms with van der Waals surface area (Å²) < 4.78 is 10.7. The molecule has 2 heterocycles. The van der Waals surface area contributed by atoms with Crippen LogP contribution in [0.4, 0.5) is 0 Å². The molecule has 0 unspecified atom stereocenters. The lowest BCUT2D eigenvalue weighted by Gasteiger charge is -2.31. The van der Waals surface area contributed by atoms with Crippen molar-refractivity contribution in [2.75, 3.05) is 13.1 Å². The highest BCUT2D eigenvalue weighted by molar-refractivity contribution is 4.87. The zero-order valence-electron chi connectivity index (χ0n) is 5.80. The molecule has 1 spiro atoms. The molecule has 0 atom stereocenters. The Bertz CT molecular complexity index is 140. The maximum absolute atomic E-state index is 5.34. The van der Waals surface area contributed by atoms with E-state index in [1.54, 1.807) is 12.5 Å². The summed E-state index contributed by atoms with van der Waals surface area (Å²) in [5.74, 6) is -0.300. The van der Waals surface area contributed by atoms with Crippen LogP contribution >= 0.6 is 0 Å². The van der Waals surface area contributed by atoms with Gasteiger partial charge in [0.2, 0.25) is 0 Å². The smallest absolute Gasteiger partial charge is 0.252 e. The lowest BCUT2D eigenvalue weighted by molar-refractivity contribution is -0.157. The first kappa shape index (κ1) is 6.04. The van der Waals surface area contributed by atoms with Crippen LogP contribution in [-0.2, 0) is 9.47 Å². The summed E-state index contributed by atoms with van der Waals surface area (Å²) in [4.78, 5) is 0. The number of nitrogens with one attached hydrogen (secondary N) is 1. The van der Waals surface area contributed by atoms with Crippen LogP contribution in [0.3, 0.4) is 0 Å². The fourth-order valence-electron chi connectivity index (χ4n) is 1.37. The Morgan fingerprint density at radius 3 is 2.30 bits per heavy atom. The minimum atomic E-state index is -0.300. The van der Waals surface area contributed by atoms with Gasteiger partial charge < -0.3 is 14.8 Å². The van der Waals surface area contributed by atoms with Gasteiger partial charge >= 0.3 is 0 Å². The highest BCUT2D eigenvalue weighted by Crippen LogP contribution is 2.28. The number of ether oxygens (including phenoxy) is 2. The minimum Gasteiger partial charge on any atom is -0.457 e. The molecule has 0 aromatic rings. The van der Waals surface area contributed by atoms with Crippen molar-refractivity contribution < 1.29 is 9.47 Å². The van der Waals surface area contributed by atoms with Gasteiger partial charge in [-0.25, -0.2) is 0 Å². The molecule has 2 aliphatic heterocycles. The summed E-state index contributed by atoms with van der Waals surface area (Å²) in [6, 6.07) is 0. The van der Waals surface area contributed by atoms with Crippen LogP contribution < -0.4 is 5.32 Å². The van der Waals surface area contributed by atoms with Crippen molar-refractivity contribution in [2.24, 2.45) is 0 Å². The molecule has 0 aromatic carbocycles. The Hall–Kier alpha value is -0.700. The molecule has 0 aliphatic carbocycles. The van der Waals surface area contributed by atoms with Gasteiger partial charge in [0.25, 0.3) is 5.79 Å². The third-order valence-electron chi connectivity index (χ3n) is 1.99. The Balaban J connectivity index is 2.00. The Morgan fingerprint density at radius 2 is 1.70 bits per heavy atom. The molecule has 1 saturated heterocycles. The van der Waals surface area contributed by atoms with E-state index in [4.69, 9.17) is 9.47 Å². The van der Waals surface area contributed by atoms with E-state index in [1.807, 2.05) is 0 Å². The van der Waals surface area contributed by atoms with Crippen molar-refractivity contribution in [3.63, 3.8) is 0 Å². The molecule has 2 rings (SSSR count). The molecule has 0 radical (unpaired) electrons. The molecule has 1 N–H and O–H groups in total. The van der Waals surface area contributed by atoms with E-state index in [2.05, 4.69) is 5.32 Å². The van der Waals surface area contributed by atoms with Crippen LogP contribution in [0, 0.1) is 0 Å². The maximum atomic E-state index is 5.34. The molecule has 0 saturated carbocycles. The Kier molecular flexibility index (Phi) is 1.31. The Morgan fingerprint density at radius 1 is 1.10 bits per heavy atom. The summed E-state index contributed by atoms with van der Waals surface area (Å²) in [7, 11) is 0. The molecular formula is C7H11NO2. The van der Waals surface area contributed by atoms with E-state index in [9.17, 15) is 0 Å². The SMILES string of the molecule is C1=COC2(CCNCC2)O1. The number of hydrogen-bond acceptors (Lipinski definition) is 3. The Labute approximate surface area is 60.0 Å². The lowest BCUT2D eigenvalue weighted by atomic mass is 10.1. The van der Waals surface area contributed by atoms with Crippen molar-refractivity contribution in [1.82, 2.24) is 5.32 Å². The molecule has 1 fully saturated rings. The fraction of sp³-hybridized carbons (Fsp3) is 0.714. The monoisotopic (exact) mass is 141 g/mol. The van der Waals surface area contributed by atoms with Crippen molar-refractivity contribution in [2.45, 2.75) is 18.6 Å². The van der Waals surface area contributed by atoms with Crippen molar-refractivity contribution in [3.05, 3.63) is 12.5 Å². The molecule has 2 aliphatic rings. The third-order valence-corrected chi connectivity index (χ3v) is 1.99. The molecule has 3 nitrogen and oxygen atoms in total. The molecule has 0 bridgehead atoms. The van der Waals surface area contributed by atoms with E-state index >= 15 is 0 Å². The molecule has 3 heteroatoms. The summed E-state index contributed by atoms with van der Waals surface area (Å²) in [5.41, 5.74) is 0. The second-order valence-electron chi connectivity index (χ2n) is 2.67. The summed E-state index contributed by atoms with van der Waals surface area (Å²) >= 11 is 0. The standard InChI is InChI=1S/C7H11NO2/c1-3-8-4-2-7(1)9-5-6-10-7/h5-6,8H,1-4H2. The van der Waals surface area contributed by atoms with Crippen LogP contribution in [0.15, 0.2) is 12.5 Å². The van der Waals surface area contributed by atoms with Crippen LogP contribution in [0.5, 0.6) is 0 Å². The van der Waals surface area contributed by atoms with Gasteiger partial charge in [0.15, 0.2) is 0 Å². The maximum Gasteiger partial charge on any atom is 0.252 e. The molecule has 56 valence electrons. The van der Waals surface area contributed by atoms with Gasteiger partial charge in [-0.3, -0.25) is 0 Å². The summed E-state index contributed by atoms with van der Waals surface area (Å²) in [5, 5.41) is 3.25. The normalized spacial score (nSPS) is 28.0. The highest BCUT2D eigenvalue weighted by Gasteiger charge is 2.36. The average Bonchev–Trinajstić information content (AvgIpc) is 2.39. The average molecular weight is 141 g/mol. The van der Waals surface area contributed by atoms with Crippen LogP contribution in [0.1, 0.15) is 12.8 Å². The molecule has 10 heavy (non-hydrogen) atoms. The fourth-order valence-corrected chi connectivity index (χ4v) is 1.37. The first-order valence-corrected chi connectivity index (χ1v) is 3.63. The topological polar surface area (TPSA) is 30.5 Å². The largest absolute Gasteiger partial charge is 0.457 e. The minimum absolute atomic E-state index is 0.300. The van der Waals surface area contributed by atoms with Gasteiger partial charge in [-0.15, -0.1) is 0 Å². The van der Waals surface area contributed by atoms with Crippen molar-refractivity contribution in [3.8, 4) is 0 Å². The van der Waals surface area contributed by atoms with Gasteiger partial charge in [-0.2, -0.15) is 0 Å². The zero-order valence-corrected chi connectivity index (χ0v) is 5.80. The second-order valence-corrected chi connectivity index (χ2v) is 2.67. The van der Waals surface area contributed by atoms with Crippen LogP contribution in [-0.4, -0.2) is 18.9 Å². The van der Waals surface area contributed by atoms with E-state index in [0.717, 1.165) is 25.9 Å². The van der Waals surface area contributed by atoms with Crippen molar-refractivity contribution in [1.29, 1.82) is 0 Å². The quantitative estimate of drug-likeness (QED) is 0.535. The van der Waals surface area contributed by atoms with Gasteiger partial charge in [0.05, 0.1) is 0 Å². The predicted molar refractivity (Wildman–Crippen MR) is 36.1 cm³/mol. The van der Waals surface area contributed by atoms with E-state index < -0.39 is 0 Å². The molecular weight excluding hydrogens is 130 g/mol. The van der Waals surface area contributed by atoms with Gasteiger partial charge in [0.1, 0.15) is 12.5 Å². The van der Waals surface area contributed by atoms with Gasteiger partial charge in [-0.1, -0.05) is 0 Å². The molecule has 0 amide bonds. The number of rotatable bonds is 0. The predicted octanol–water partition coefficient (Wildman–Crippen LogP) is 0.584. The molecule has 0 aromatic heterocycles. The first-order chi connectivity index (χ1) is 4.91. The van der Waals surface area contributed by atoms with E-state index in [1.165, 1.54) is 0 Å². The van der Waals surface area contributed by atoms with Crippen LogP contribution in [0.25, 0.3) is 0 Å². The third kappa shape index (κ3) is 0.865. The van der Waals surface area contributed by atoms with E-state index in [0.29, 0.717) is 0 Å². The van der Waals surface area contributed by atoms with Crippen LogP contribution in [0.2, 0.25) is 0 Å². The summed E-state index contributed by atoms with van der Waals surface area (Å²) in [6.07, 6.45) is 5.15. The number of piperidine rings is 1. The lowest BCUT2D eigenvalue weighted by Crippen LogP contribution is -2.42. The van der Waals surface area contributed by atoms with Gasteiger partial charge in [-0.05, 0) is 0 Å². The van der Waals surface area contributed by atoms with Gasteiger partial charge in [0, 0.05) is 25.9 Å². The van der Waals surface area contributed by atoms with Crippen molar-refractivity contribution >= 4 is 0 Å². The number of hydrogen-bond donors (Lipinski definition) is 1.